The molecule has 0 radical (unpaired) electrons. The summed E-state index contributed by atoms with van der Waals surface area (Å²) in [4.78, 5) is 13.3. The van der Waals surface area contributed by atoms with E-state index in [-0.39, 0.29) is 11.6 Å². The van der Waals surface area contributed by atoms with Crippen molar-refractivity contribution in [2.45, 2.75) is 19.9 Å². The van der Waals surface area contributed by atoms with E-state index in [9.17, 15) is 9.90 Å². The zero-order valence-corrected chi connectivity index (χ0v) is 11.3. The van der Waals surface area contributed by atoms with Gasteiger partial charge in [-0.2, -0.15) is 0 Å². The third-order valence-electron chi connectivity index (χ3n) is 3.21. The summed E-state index contributed by atoms with van der Waals surface area (Å²) in [6.07, 6.45) is 0. The molecule has 0 saturated carbocycles. The minimum Gasteiger partial charge on any atom is -0.489 e. The lowest BCUT2D eigenvalue weighted by molar-refractivity contribution is 0.0691. The van der Waals surface area contributed by atoms with Crippen LogP contribution in [0.15, 0.2) is 18.2 Å². The molecule has 1 heterocycles. The van der Waals surface area contributed by atoms with E-state index in [1.54, 1.807) is 12.1 Å². The highest BCUT2D eigenvalue weighted by molar-refractivity contribution is 5.93. The van der Waals surface area contributed by atoms with Crippen LogP contribution >= 0.6 is 0 Å². The second kappa shape index (κ2) is 5.93. The molecular weight excluding hydrogens is 246 g/mol. The minimum absolute atomic E-state index is 0.187. The van der Waals surface area contributed by atoms with Crippen LogP contribution in [0.3, 0.4) is 0 Å². The van der Waals surface area contributed by atoms with Crippen molar-refractivity contribution in [2.75, 3.05) is 31.3 Å². The van der Waals surface area contributed by atoms with Crippen molar-refractivity contribution in [3.63, 3.8) is 0 Å². The average molecular weight is 265 g/mol. The Morgan fingerprint density at radius 1 is 1.58 bits per heavy atom. The number of ether oxygens (including phenoxy) is 2. The molecule has 5 heteroatoms. The molecule has 1 aromatic rings. The normalized spacial score (nSPS) is 15.6. The van der Waals surface area contributed by atoms with E-state index < -0.39 is 5.97 Å². The van der Waals surface area contributed by atoms with Gasteiger partial charge in [-0.15, -0.1) is 0 Å². The maximum Gasteiger partial charge on any atom is 0.339 e. The molecule has 0 amide bonds. The van der Waals surface area contributed by atoms with Gasteiger partial charge in [0.05, 0.1) is 18.8 Å². The number of carboxylic acid groups (broad SMARTS) is 1. The maximum absolute atomic E-state index is 11.2. The standard InChI is InChI=1S/C14H19NO4/c1-3-18-9-10(2)15-7-8-19-13-11(14(16)17)5-4-6-12(13)15/h4-6,10H,3,7-9H2,1-2H3,(H,16,17). The summed E-state index contributed by atoms with van der Waals surface area (Å²) >= 11 is 0. The highest BCUT2D eigenvalue weighted by atomic mass is 16.5. The van der Waals surface area contributed by atoms with Gasteiger partial charge < -0.3 is 19.5 Å². The first-order valence-electron chi connectivity index (χ1n) is 6.48. The van der Waals surface area contributed by atoms with E-state index in [1.165, 1.54) is 0 Å². The number of hydrogen-bond acceptors (Lipinski definition) is 4. The molecule has 2 rings (SSSR count). The molecule has 0 aromatic heterocycles. The zero-order valence-electron chi connectivity index (χ0n) is 11.3. The van der Waals surface area contributed by atoms with Gasteiger partial charge in [0.25, 0.3) is 0 Å². The van der Waals surface area contributed by atoms with Crippen molar-refractivity contribution in [3.05, 3.63) is 23.8 Å². The number of nitrogens with zero attached hydrogens (tertiary/aromatic N) is 1. The fraction of sp³-hybridized carbons (Fsp3) is 0.500. The van der Waals surface area contributed by atoms with E-state index in [2.05, 4.69) is 11.8 Å². The van der Waals surface area contributed by atoms with Crippen LogP contribution in [-0.2, 0) is 4.74 Å². The third kappa shape index (κ3) is 2.81. The Balaban J connectivity index is 2.29. The molecule has 104 valence electrons. The first kappa shape index (κ1) is 13.7. The van der Waals surface area contributed by atoms with Crippen molar-refractivity contribution in [3.8, 4) is 5.75 Å². The lowest BCUT2D eigenvalue weighted by Gasteiger charge is -2.36. The van der Waals surface area contributed by atoms with Crippen LogP contribution in [0.5, 0.6) is 5.75 Å². The van der Waals surface area contributed by atoms with Gasteiger partial charge in [0.2, 0.25) is 0 Å². The monoisotopic (exact) mass is 265 g/mol. The van der Waals surface area contributed by atoms with Crippen LogP contribution in [0.4, 0.5) is 5.69 Å². The van der Waals surface area contributed by atoms with Crippen LogP contribution in [0, 0.1) is 0 Å². The molecular formula is C14H19NO4. The highest BCUT2D eigenvalue weighted by Gasteiger charge is 2.26. The Morgan fingerprint density at radius 2 is 2.37 bits per heavy atom. The number of carbonyl (C=O) groups is 1. The molecule has 1 aliphatic heterocycles. The van der Waals surface area contributed by atoms with E-state index in [0.717, 1.165) is 12.2 Å². The third-order valence-corrected chi connectivity index (χ3v) is 3.21. The molecule has 0 spiro atoms. The molecule has 1 aromatic carbocycles. The molecule has 19 heavy (non-hydrogen) atoms. The highest BCUT2D eigenvalue weighted by Crippen LogP contribution is 2.36. The van der Waals surface area contributed by atoms with Gasteiger partial charge in [-0.05, 0) is 26.0 Å². The fourth-order valence-corrected chi connectivity index (χ4v) is 2.27. The molecule has 0 aliphatic carbocycles. The van der Waals surface area contributed by atoms with Crippen molar-refractivity contribution in [1.82, 2.24) is 0 Å². The number of carboxylic acids is 1. The molecule has 5 nitrogen and oxygen atoms in total. The van der Waals surface area contributed by atoms with Gasteiger partial charge in [-0.1, -0.05) is 6.07 Å². The van der Waals surface area contributed by atoms with Crippen molar-refractivity contribution < 1.29 is 19.4 Å². The molecule has 1 N–H and O–H groups in total. The number of para-hydroxylation sites is 1. The minimum atomic E-state index is -0.962. The topological polar surface area (TPSA) is 59.0 Å². The molecule has 1 aliphatic rings. The van der Waals surface area contributed by atoms with Crippen LogP contribution < -0.4 is 9.64 Å². The molecule has 1 unspecified atom stereocenters. The summed E-state index contributed by atoms with van der Waals surface area (Å²) in [5.41, 5.74) is 1.05. The smallest absolute Gasteiger partial charge is 0.339 e. The number of aromatic carboxylic acids is 1. The van der Waals surface area contributed by atoms with Gasteiger partial charge in [0.15, 0.2) is 5.75 Å². The Hall–Kier alpha value is -1.75. The predicted molar refractivity (Wildman–Crippen MR) is 72.2 cm³/mol. The first-order valence-corrected chi connectivity index (χ1v) is 6.48. The largest absolute Gasteiger partial charge is 0.489 e. The van der Waals surface area contributed by atoms with Crippen molar-refractivity contribution in [1.29, 1.82) is 0 Å². The molecule has 0 saturated heterocycles. The van der Waals surface area contributed by atoms with Crippen LogP contribution in [0.1, 0.15) is 24.2 Å². The van der Waals surface area contributed by atoms with Gasteiger partial charge in [0.1, 0.15) is 12.2 Å². The summed E-state index contributed by atoms with van der Waals surface area (Å²) in [6, 6.07) is 5.39. The second-order valence-electron chi connectivity index (χ2n) is 4.51. The number of anilines is 1. The van der Waals surface area contributed by atoms with Gasteiger partial charge in [-0.25, -0.2) is 4.79 Å². The lowest BCUT2D eigenvalue weighted by Crippen LogP contribution is -2.42. The summed E-state index contributed by atoms with van der Waals surface area (Å²) < 4.78 is 11.0. The number of rotatable bonds is 5. The first-order chi connectivity index (χ1) is 9.15. The summed E-state index contributed by atoms with van der Waals surface area (Å²) in [6.45, 7) is 6.56. The Bertz CT molecular complexity index is 461. The lowest BCUT2D eigenvalue weighted by atomic mass is 10.1. The van der Waals surface area contributed by atoms with Crippen molar-refractivity contribution in [2.24, 2.45) is 0 Å². The Labute approximate surface area is 112 Å². The van der Waals surface area contributed by atoms with Gasteiger partial charge in [-0.3, -0.25) is 0 Å². The molecule has 0 bridgehead atoms. The SMILES string of the molecule is CCOCC(C)N1CCOc2c(C(=O)O)cccc21. The van der Waals surface area contributed by atoms with Crippen molar-refractivity contribution >= 4 is 11.7 Å². The van der Waals surface area contributed by atoms with Gasteiger partial charge in [0, 0.05) is 12.6 Å². The predicted octanol–water partition coefficient (Wildman–Crippen LogP) is 2.01. The van der Waals surface area contributed by atoms with Crippen LogP contribution in [0.2, 0.25) is 0 Å². The summed E-state index contributed by atoms with van der Waals surface area (Å²) in [5, 5.41) is 9.18. The Morgan fingerprint density at radius 3 is 3.05 bits per heavy atom. The number of fused-ring (bicyclic) bond motifs is 1. The molecule has 0 fully saturated rings. The zero-order chi connectivity index (χ0) is 13.8. The second-order valence-corrected chi connectivity index (χ2v) is 4.51. The van der Waals surface area contributed by atoms with Crippen LogP contribution in [0.25, 0.3) is 0 Å². The maximum atomic E-state index is 11.2. The summed E-state index contributed by atoms with van der Waals surface area (Å²) in [7, 11) is 0. The molecule has 1 atom stereocenters. The number of hydrogen-bond donors (Lipinski definition) is 1. The van der Waals surface area contributed by atoms with Gasteiger partial charge >= 0.3 is 5.97 Å². The summed E-state index contributed by atoms with van der Waals surface area (Å²) in [5.74, 6) is -0.499. The number of benzene rings is 1. The fourth-order valence-electron chi connectivity index (χ4n) is 2.27. The average Bonchev–Trinajstić information content (AvgIpc) is 2.43. The van der Waals surface area contributed by atoms with E-state index >= 15 is 0 Å². The quantitative estimate of drug-likeness (QED) is 0.882. The van der Waals surface area contributed by atoms with E-state index in [1.807, 2.05) is 13.0 Å². The Kier molecular flexibility index (Phi) is 4.27. The van der Waals surface area contributed by atoms with E-state index in [4.69, 9.17) is 9.47 Å². The van der Waals surface area contributed by atoms with E-state index in [0.29, 0.717) is 25.6 Å². The van der Waals surface area contributed by atoms with Crippen LogP contribution in [-0.4, -0.2) is 43.5 Å².